The molecule has 0 saturated heterocycles. The minimum atomic E-state index is -4.46. The Hall–Kier alpha value is -2.89. The van der Waals surface area contributed by atoms with Gasteiger partial charge < -0.3 is 4.90 Å². The van der Waals surface area contributed by atoms with E-state index in [0.29, 0.717) is 16.9 Å². The molecule has 0 aliphatic heterocycles. The lowest BCUT2D eigenvalue weighted by Gasteiger charge is -2.21. The SMILES string of the molecule is CN(Cc1ccccc1C(F)(F)F)C(=O)c1cc(C2CC2)nc2ccccc12. The van der Waals surface area contributed by atoms with E-state index in [-0.39, 0.29) is 18.0 Å². The van der Waals surface area contributed by atoms with Crippen LogP contribution >= 0.6 is 0 Å². The number of amides is 1. The normalized spacial score (nSPS) is 14.3. The highest BCUT2D eigenvalue weighted by molar-refractivity contribution is 6.06. The van der Waals surface area contributed by atoms with Crippen LogP contribution in [0.1, 0.15) is 45.9 Å². The maximum Gasteiger partial charge on any atom is 0.416 e. The van der Waals surface area contributed by atoms with E-state index in [9.17, 15) is 18.0 Å². The van der Waals surface area contributed by atoms with Crippen molar-refractivity contribution in [2.45, 2.75) is 31.5 Å². The van der Waals surface area contributed by atoms with E-state index >= 15 is 0 Å². The van der Waals surface area contributed by atoms with Crippen LogP contribution in [0.4, 0.5) is 13.2 Å². The number of benzene rings is 2. The van der Waals surface area contributed by atoms with Crippen molar-refractivity contribution in [3.05, 3.63) is 77.0 Å². The molecule has 2 aromatic carbocycles. The molecule has 0 radical (unpaired) electrons. The van der Waals surface area contributed by atoms with Crippen molar-refractivity contribution in [2.24, 2.45) is 0 Å². The lowest BCUT2D eigenvalue weighted by molar-refractivity contribution is -0.138. The Morgan fingerprint density at radius 3 is 2.50 bits per heavy atom. The van der Waals surface area contributed by atoms with E-state index in [1.807, 2.05) is 24.3 Å². The molecule has 0 spiro atoms. The van der Waals surface area contributed by atoms with Gasteiger partial charge in [0, 0.05) is 30.6 Å². The third-order valence-corrected chi connectivity index (χ3v) is 5.04. The van der Waals surface area contributed by atoms with Crippen molar-refractivity contribution in [1.82, 2.24) is 9.88 Å². The minimum Gasteiger partial charge on any atom is -0.337 e. The van der Waals surface area contributed by atoms with Crippen LogP contribution in [0.5, 0.6) is 0 Å². The Morgan fingerprint density at radius 2 is 1.79 bits per heavy atom. The van der Waals surface area contributed by atoms with E-state index in [1.165, 1.54) is 24.1 Å². The molecule has 0 atom stereocenters. The van der Waals surface area contributed by atoms with Gasteiger partial charge in [-0.3, -0.25) is 9.78 Å². The maximum atomic E-state index is 13.3. The van der Waals surface area contributed by atoms with Gasteiger partial charge in [0.05, 0.1) is 16.6 Å². The number of halogens is 3. The van der Waals surface area contributed by atoms with E-state index in [1.54, 1.807) is 12.1 Å². The summed E-state index contributed by atoms with van der Waals surface area (Å²) < 4.78 is 39.8. The van der Waals surface area contributed by atoms with E-state index in [0.717, 1.165) is 30.1 Å². The second kappa shape index (κ2) is 6.93. The van der Waals surface area contributed by atoms with Crippen LogP contribution in [-0.4, -0.2) is 22.8 Å². The summed E-state index contributed by atoms with van der Waals surface area (Å²) in [5.74, 6) is 0.0601. The van der Waals surface area contributed by atoms with Crippen LogP contribution in [0.15, 0.2) is 54.6 Å². The molecule has 0 unspecified atom stereocenters. The fraction of sp³-hybridized carbons (Fsp3) is 0.273. The summed E-state index contributed by atoms with van der Waals surface area (Å²) in [4.78, 5) is 19.1. The number of para-hydroxylation sites is 1. The van der Waals surface area contributed by atoms with Gasteiger partial charge in [-0.05, 0) is 36.6 Å². The predicted octanol–water partition coefficient (Wildman–Crippen LogP) is 5.40. The molecule has 3 nitrogen and oxygen atoms in total. The summed E-state index contributed by atoms with van der Waals surface area (Å²) in [5, 5.41) is 0.716. The summed E-state index contributed by atoms with van der Waals surface area (Å²) in [7, 11) is 1.53. The van der Waals surface area contributed by atoms with Crippen LogP contribution in [0, 0.1) is 0 Å². The predicted molar refractivity (Wildman–Crippen MR) is 101 cm³/mol. The molecule has 1 aliphatic carbocycles. The number of aromatic nitrogens is 1. The maximum absolute atomic E-state index is 13.3. The van der Waals surface area contributed by atoms with Gasteiger partial charge >= 0.3 is 6.18 Å². The van der Waals surface area contributed by atoms with E-state index < -0.39 is 11.7 Å². The van der Waals surface area contributed by atoms with Crippen LogP contribution in [-0.2, 0) is 12.7 Å². The lowest BCUT2D eigenvalue weighted by atomic mass is 10.0. The number of alkyl halides is 3. The zero-order valence-electron chi connectivity index (χ0n) is 15.3. The van der Waals surface area contributed by atoms with Crippen LogP contribution in [0.3, 0.4) is 0 Å². The number of carbonyl (C=O) groups excluding carboxylic acids is 1. The zero-order chi connectivity index (χ0) is 19.9. The van der Waals surface area contributed by atoms with Crippen molar-refractivity contribution in [3.8, 4) is 0 Å². The quantitative estimate of drug-likeness (QED) is 0.603. The summed E-state index contributed by atoms with van der Waals surface area (Å²) in [6.45, 7) is -0.121. The zero-order valence-corrected chi connectivity index (χ0v) is 15.3. The number of hydrogen-bond acceptors (Lipinski definition) is 2. The number of fused-ring (bicyclic) bond motifs is 1. The average molecular weight is 384 g/mol. The molecule has 4 rings (SSSR count). The minimum absolute atomic E-state index is 0.0756. The molecule has 1 saturated carbocycles. The van der Waals surface area contributed by atoms with Crippen LogP contribution in [0.2, 0.25) is 0 Å². The molecule has 28 heavy (non-hydrogen) atoms. The molecule has 144 valence electrons. The van der Waals surface area contributed by atoms with Crippen molar-refractivity contribution in [1.29, 1.82) is 0 Å². The van der Waals surface area contributed by atoms with Gasteiger partial charge in [-0.15, -0.1) is 0 Å². The Bertz CT molecular complexity index is 1040. The molecule has 1 fully saturated rings. The second-order valence-electron chi connectivity index (χ2n) is 7.20. The molecule has 1 heterocycles. The standard InChI is InChI=1S/C22H19F3N2O/c1-27(13-15-6-2-4-8-18(15)22(23,24)25)21(28)17-12-20(14-10-11-14)26-19-9-5-3-7-16(17)19/h2-9,12,14H,10-11,13H2,1H3. The highest BCUT2D eigenvalue weighted by atomic mass is 19.4. The van der Waals surface area contributed by atoms with E-state index in [2.05, 4.69) is 4.98 Å². The summed E-state index contributed by atoms with van der Waals surface area (Å²) in [6.07, 6.45) is -2.36. The number of nitrogens with zero attached hydrogens (tertiary/aromatic N) is 2. The molecular weight excluding hydrogens is 365 g/mol. The fourth-order valence-electron chi connectivity index (χ4n) is 3.43. The van der Waals surface area contributed by atoms with Gasteiger partial charge in [0.2, 0.25) is 0 Å². The second-order valence-corrected chi connectivity index (χ2v) is 7.20. The largest absolute Gasteiger partial charge is 0.416 e. The number of carbonyl (C=O) groups is 1. The van der Waals surface area contributed by atoms with Crippen molar-refractivity contribution in [2.75, 3.05) is 7.05 Å². The molecule has 0 bridgehead atoms. The summed E-state index contributed by atoms with van der Waals surface area (Å²) >= 11 is 0. The Morgan fingerprint density at radius 1 is 1.11 bits per heavy atom. The molecule has 3 aromatic rings. The number of rotatable bonds is 4. The van der Waals surface area contributed by atoms with Crippen LogP contribution < -0.4 is 0 Å². The lowest BCUT2D eigenvalue weighted by Crippen LogP contribution is -2.28. The Kier molecular flexibility index (Phi) is 4.57. The summed E-state index contributed by atoms with van der Waals surface area (Å²) in [6, 6.07) is 14.5. The molecule has 1 aliphatic rings. The summed E-state index contributed by atoms with van der Waals surface area (Å²) in [5.41, 5.74) is 1.46. The first-order chi connectivity index (χ1) is 13.3. The van der Waals surface area contributed by atoms with Gasteiger partial charge in [0.25, 0.3) is 5.91 Å². The number of hydrogen-bond donors (Lipinski definition) is 0. The molecule has 1 amide bonds. The van der Waals surface area contributed by atoms with Crippen molar-refractivity contribution < 1.29 is 18.0 Å². The van der Waals surface area contributed by atoms with Crippen LogP contribution in [0.25, 0.3) is 10.9 Å². The van der Waals surface area contributed by atoms with Crippen molar-refractivity contribution in [3.63, 3.8) is 0 Å². The number of pyridine rings is 1. The van der Waals surface area contributed by atoms with Gasteiger partial charge in [-0.2, -0.15) is 13.2 Å². The Labute approximate surface area is 160 Å². The fourth-order valence-corrected chi connectivity index (χ4v) is 3.43. The van der Waals surface area contributed by atoms with E-state index in [4.69, 9.17) is 0 Å². The highest BCUT2D eigenvalue weighted by Crippen LogP contribution is 2.40. The van der Waals surface area contributed by atoms with Gasteiger partial charge in [0.1, 0.15) is 0 Å². The Balaban J connectivity index is 1.69. The topological polar surface area (TPSA) is 33.2 Å². The van der Waals surface area contributed by atoms with Gasteiger partial charge in [0.15, 0.2) is 0 Å². The first-order valence-corrected chi connectivity index (χ1v) is 9.15. The first-order valence-electron chi connectivity index (χ1n) is 9.15. The smallest absolute Gasteiger partial charge is 0.337 e. The highest BCUT2D eigenvalue weighted by Gasteiger charge is 2.33. The third-order valence-electron chi connectivity index (χ3n) is 5.04. The van der Waals surface area contributed by atoms with Gasteiger partial charge in [-0.25, -0.2) is 0 Å². The monoisotopic (exact) mass is 384 g/mol. The van der Waals surface area contributed by atoms with Crippen molar-refractivity contribution >= 4 is 16.8 Å². The average Bonchev–Trinajstić information content (AvgIpc) is 3.51. The molecule has 0 N–H and O–H groups in total. The van der Waals surface area contributed by atoms with Gasteiger partial charge in [-0.1, -0.05) is 36.4 Å². The first kappa shape index (κ1) is 18.5. The third kappa shape index (κ3) is 3.59. The molecule has 1 aromatic heterocycles. The molecule has 6 heteroatoms. The molecular formula is C22H19F3N2O.